The van der Waals surface area contributed by atoms with Crippen molar-refractivity contribution in [3.05, 3.63) is 33.1 Å². The molecule has 1 aromatic rings. The smallest absolute Gasteiger partial charge is 0.320 e. The molecule has 0 spiro atoms. The summed E-state index contributed by atoms with van der Waals surface area (Å²) in [6.07, 6.45) is 1.93. The molecule has 1 rings (SSSR count). The van der Waals surface area contributed by atoms with Crippen molar-refractivity contribution < 1.29 is 14.8 Å². The summed E-state index contributed by atoms with van der Waals surface area (Å²) >= 11 is 0. The van der Waals surface area contributed by atoms with E-state index in [1.807, 2.05) is 13.8 Å². The van der Waals surface area contributed by atoms with Gasteiger partial charge in [0.05, 0.1) is 10.6 Å². The number of nitrogens with one attached hydrogen (secondary N) is 1. The predicted octanol–water partition coefficient (Wildman–Crippen LogP) is 2.20. The molecule has 0 aliphatic heterocycles. The number of carboxylic acids is 1. The maximum atomic E-state index is 11.2. The van der Waals surface area contributed by atoms with Crippen molar-refractivity contribution in [1.82, 2.24) is 10.3 Å². The molecular formula is C14H21N3O4. The number of carbonyl (C=O) groups is 1. The number of aliphatic carboxylic acids is 1. The second-order valence-corrected chi connectivity index (χ2v) is 5.52. The molecule has 0 saturated carbocycles. The Bertz CT molecular complexity index is 543. The zero-order chi connectivity index (χ0) is 16.2. The van der Waals surface area contributed by atoms with Crippen LogP contribution < -0.4 is 5.32 Å². The van der Waals surface area contributed by atoms with Crippen molar-refractivity contribution in [3.63, 3.8) is 0 Å². The van der Waals surface area contributed by atoms with E-state index in [1.54, 1.807) is 13.8 Å². The first-order chi connectivity index (χ1) is 9.73. The number of rotatable bonds is 7. The van der Waals surface area contributed by atoms with E-state index in [0.29, 0.717) is 23.2 Å². The van der Waals surface area contributed by atoms with Crippen molar-refractivity contribution >= 4 is 11.7 Å². The van der Waals surface area contributed by atoms with E-state index < -0.39 is 16.9 Å². The highest BCUT2D eigenvalue weighted by Crippen LogP contribution is 2.24. The molecule has 116 valence electrons. The van der Waals surface area contributed by atoms with Gasteiger partial charge in [0.1, 0.15) is 6.04 Å². The van der Waals surface area contributed by atoms with Gasteiger partial charge in [0.25, 0.3) is 5.69 Å². The van der Waals surface area contributed by atoms with Gasteiger partial charge in [-0.15, -0.1) is 0 Å². The predicted molar refractivity (Wildman–Crippen MR) is 78.1 cm³/mol. The molecule has 2 N–H and O–H groups in total. The van der Waals surface area contributed by atoms with E-state index in [-0.39, 0.29) is 18.2 Å². The Labute approximate surface area is 123 Å². The van der Waals surface area contributed by atoms with Crippen molar-refractivity contribution in [2.75, 3.05) is 0 Å². The van der Waals surface area contributed by atoms with Crippen LogP contribution in [0, 0.1) is 29.9 Å². The number of pyridine rings is 1. The van der Waals surface area contributed by atoms with Crippen LogP contribution >= 0.6 is 0 Å². The zero-order valence-corrected chi connectivity index (χ0v) is 12.7. The van der Waals surface area contributed by atoms with Crippen molar-refractivity contribution in [2.45, 2.75) is 46.7 Å². The summed E-state index contributed by atoms with van der Waals surface area (Å²) < 4.78 is 0. The second kappa shape index (κ2) is 7.12. The molecule has 0 amide bonds. The Hall–Kier alpha value is -2.02. The number of aryl methyl sites for hydroxylation is 1. The first-order valence-electron chi connectivity index (χ1n) is 6.79. The largest absolute Gasteiger partial charge is 0.480 e. The van der Waals surface area contributed by atoms with Gasteiger partial charge in [-0.3, -0.25) is 25.2 Å². The second-order valence-electron chi connectivity index (χ2n) is 5.52. The molecule has 21 heavy (non-hydrogen) atoms. The summed E-state index contributed by atoms with van der Waals surface area (Å²) in [5, 5.41) is 23.1. The molecule has 0 aliphatic carbocycles. The summed E-state index contributed by atoms with van der Waals surface area (Å²) in [7, 11) is 0. The maximum absolute atomic E-state index is 11.2. The van der Waals surface area contributed by atoms with Crippen LogP contribution in [0.1, 0.15) is 37.1 Å². The highest BCUT2D eigenvalue weighted by molar-refractivity contribution is 5.73. The lowest BCUT2D eigenvalue weighted by atomic mass is 10.0. The number of carboxylic acid groups (broad SMARTS) is 1. The summed E-state index contributed by atoms with van der Waals surface area (Å²) in [5.41, 5.74) is 1.51. The molecule has 0 bridgehead atoms. The van der Waals surface area contributed by atoms with Gasteiger partial charge in [-0.25, -0.2) is 0 Å². The number of hydrogen-bond acceptors (Lipinski definition) is 5. The number of nitro groups is 1. The molecule has 1 aromatic heterocycles. The number of aromatic nitrogens is 1. The monoisotopic (exact) mass is 295 g/mol. The van der Waals surface area contributed by atoms with Crippen molar-refractivity contribution in [2.24, 2.45) is 5.92 Å². The number of hydrogen-bond donors (Lipinski definition) is 2. The summed E-state index contributed by atoms with van der Waals surface area (Å²) in [4.78, 5) is 26.0. The van der Waals surface area contributed by atoms with Gasteiger partial charge in [-0.2, -0.15) is 0 Å². The van der Waals surface area contributed by atoms with Gasteiger partial charge in [-0.1, -0.05) is 13.8 Å². The third-order valence-corrected chi connectivity index (χ3v) is 3.28. The minimum Gasteiger partial charge on any atom is -0.480 e. The molecule has 0 radical (unpaired) electrons. The Morgan fingerprint density at radius 3 is 2.57 bits per heavy atom. The molecule has 0 aliphatic rings. The van der Waals surface area contributed by atoms with E-state index in [0.717, 1.165) is 0 Å². The van der Waals surface area contributed by atoms with Crippen molar-refractivity contribution in [1.29, 1.82) is 0 Å². The molecule has 0 saturated heterocycles. The maximum Gasteiger partial charge on any atom is 0.320 e. The van der Waals surface area contributed by atoms with Crippen LogP contribution in [0.3, 0.4) is 0 Å². The first kappa shape index (κ1) is 17.0. The van der Waals surface area contributed by atoms with E-state index >= 15 is 0 Å². The van der Waals surface area contributed by atoms with Gasteiger partial charge < -0.3 is 5.11 Å². The van der Waals surface area contributed by atoms with Crippen LogP contribution in [-0.4, -0.2) is 27.0 Å². The van der Waals surface area contributed by atoms with Crippen LogP contribution in [0.4, 0.5) is 5.69 Å². The summed E-state index contributed by atoms with van der Waals surface area (Å²) in [5.74, 6) is -0.692. The normalized spacial score (nSPS) is 12.4. The van der Waals surface area contributed by atoms with E-state index in [1.165, 1.54) is 6.20 Å². The van der Waals surface area contributed by atoms with Gasteiger partial charge in [0.2, 0.25) is 0 Å². The molecule has 1 heterocycles. The Morgan fingerprint density at radius 2 is 2.10 bits per heavy atom. The molecular weight excluding hydrogens is 274 g/mol. The first-order valence-corrected chi connectivity index (χ1v) is 6.79. The van der Waals surface area contributed by atoms with Crippen LogP contribution in [0.25, 0.3) is 0 Å². The van der Waals surface area contributed by atoms with E-state index in [4.69, 9.17) is 5.11 Å². The van der Waals surface area contributed by atoms with Gasteiger partial charge in [0.15, 0.2) is 0 Å². The fourth-order valence-corrected chi connectivity index (χ4v) is 2.19. The Kier molecular flexibility index (Phi) is 5.78. The Balaban J connectivity index is 2.91. The van der Waals surface area contributed by atoms with Crippen LogP contribution in [-0.2, 0) is 11.3 Å². The van der Waals surface area contributed by atoms with E-state index in [9.17, 15) is 14.9 Å². The average Bonchev–Trinajstić information content (AvgIpc) is 2.35. The fraction of sp³-hybridized carbons (Fsp3) is 0.571. The SMILES string of the molecule is Cc1cnc(CNC(CC(C)C)C(=O)O)c(C)c1[N+](=O)[O-]. The topological polar surface area (TPSA) is 105 Å². The van der Waals surface area contributed by atoms with Gasteiger partial charge in [0, 0.05) is 23.9 Å². The highest BCUT2D eigenvalue weighted by atomic mass is 16.6. The van der Waals surface area contributed by atoms with Crippen LogP contribution in [0.15, 0.2) is 6.20 Å². The third-order valence-electron chi connectivity index (χ3n) is 3.28. The lowest BCUT2D eigenvalue weighted by Gasteiger charge is -2.17. The lowest BCUT2D eigenvalue weighted by Crippen LogP contribution is -2.37. The lowest BCUT2D eigenvalue weighted by molar-refractivity contribution is -0.386. The molecule has 7 nitrogen and oxygen atoms in total. The summed E-state index contributed by atoms with van der Waals surface area (Å²) in [6, 6.07) is -0.688. The quantitative estimate of drug-likeness (QED) is 0.590. The standard InChI is InChI=1S/C14H21N3O4/c1-8(2)5-11(14(18)19)16-7-12-10(4)13(17(20)21)9(3)6-15-12/h6,8,11,16H,5,7H2,1-4H3,(H,18,19). The highest BCUT2D eigenvalue weighted by Gasteiger charge is 2.22. The fourth-order valence-electron chi connectivity index (χ4n) is 2.19. The molecule has 0 aromatic carbocycles. The molecule has 0 fully saturated rings. The average molecular weight is 295 g/mol. The summed E-state index contributed by atoms with van der Waals surface area (Å²) in [6.45, 7) is 7.34. The molecule has 1 atom stereocenters. The van der Waals surface area contributed by atoms with E-state index in [2.05, 4.69) is 10.3 Å². The minimum atomic E-state index is -0.928. The van der Waals surface area contributed by atoms with Gasteiger partial charge in [-0.05, 0) is 26.2 Å². The van der Waals surface area contributed by atoms with Crippen LogP contribution in [0.2, 0.25) is 0 Å². The minimum absolute atomic E-state index is 0.0394. The zero-order valence-electron chi connectivity index (χ0n) is 12.7. The number of nitrogens with zero attached hydrogens (tertiary/aromatic N) is 2. The van der Waals surface area contributed by atoms with Crippen LogP contribution in [0.5, 0.6) is 0 Å². The van der Waals surface area contributed by atoms with Crippen molar-refractivity contribution in [3.8, 4) is 0 Å². The molecule has 1 unspecified atom stereocenters. The molecule has 7 heteroatoms. The van der Waals surface area contributed by atoms with Gasteiger partial charge >= 0.3 is 5.97 Å². The third kappa shape index (κ3) is 4.49. The Morgan fingerprint density at radius 1 is 1.48 bits per heavy atom.